The lowest BCUT2D eigenvalue weighted by Crippen LogP contribution is -2.43. The standard InChI is InChI=1S/C15H24FNO2/c1-12-6-7-13(10-14(12)16)19-9-5-4-8-15(2,11-18)17-3/h6-7,10,17-18H,4-5,8-9,11H2,1-3H3. The van der Waals surface area contributed by atoms with E-state index < -0.39 is 0 Å². The van der Waals surface area contributed by atoms with Crippen LogP contribution in [0.3, 0.4) is 0 Å². The second kappa shape index (κ2) is 7.46. The molecule has 0 aliphatic rings. The average molecular weight is 269 g/mol. The number of aryl methyl sites for hydroxylation is 1. The molecule has 0 spiro atoms. The lowest BCUT2D eigenvalue weighted by Gasteiger charge is -2.26. The summed E-state index contributed by atoms with van der Waals surface area (Å²) < 4.78 is 18.8. The fraction of sp³-hybridized carbons (Fsp3) is 0.600. The second-order valence-corrected chi connectivity index (χ2v) is 5.19. The van der Waals surface area contributed by atoms with Crippen molar-refractivity contribution in [2.75, 3.05) is 20.3 Å². The normalized spacial score (nSPS) is 14.2. The maximum atomic E-state index is 13.3. The highest BCUT2D eigenvalue weighted by Crippen LogP contribution is 2.17. The van der Waals surface area contributed by atoms with E-state index in [0.717, 1.165) is 19.3 Å². The van der Waals surface area contributed by atoms with Crippen LogP contribution in [-0.2, 0) is 0 Å². The molecule has 108 valence electrons. The summed E-state index contributed by atoms with van der Waals surface area (Å²) in [5.74, 6) is 0.335. The Bertz CT molecular complexity index is 392. The lowest BCUT2D eigenvalue weighted by molar-refractivity contribution is 0.168. The van der Waals surface area contributed by atoms with Crippen molar-refractivity contribution < 1.29 is 14.2 Å². The molecular weight excluding hydrogens is 245 g/mol. The quantitative estimate of drug-likeness (QED) is 0.713. The topological polar surface area (TPSA) is 41.5 Å². The molecule has 1 rings (SSSR count). The highest BCUT2D eigenvalue weighted by Gasteiger charge is 2.19. The molecule has 0 radical (unpaired) electrons. The van der Waals surface area contributed by atoms with Crippen LogP contribution >= 0.6 is 0 Å². The summed E-state index contributed by atoms with van der Waals surface area (Å²) in [6.07, 6.45) is 2.71. The summed E-state index contributed by atoms with van der Waals surface area (Å²) in [6.45, 7) is 4.40. The molecule has 0 aromatic heterocycles. The number of benzene rings is 1. The second-order valence-electron chi connectivity index (χ2n) is 5.19. The first-order chi connectivity index (χ1) is 9.00. The van der Waals surface area contributed by atoms with E-state index in [1.807, 2.05) is 14.0 Å². The van der Waals surface area contributed by atoms with Gasteiger partial charge in [0.05, 0.1) is 13.2 Å². The maximum Gasteiger partial charge on any atom is 0.129 e. The van der Waals surface area contributed by atoms with Crippen molar-refractivity contribution in [3.63, 3.8) is 0 Å². The summed E-state index contributed by atoms with van der Waals surface area (Å²) in [5.41, 5.74) is 0.399. The van der Waals surface area contributed by atoms with Gasteiger partial charge in [-0.2, -0.15) is 0 Å². The Balaban J connectivity index is 2.26. The molecule has 0 fully saturated rings. The SMILES string of the molecule is CNC(C)(CO)CCCCOc1ccc(C)c(F)c1. The van der Waals surface area contributed by atoms with Crippen molar-refractivity contribution >= 4 is 0 Å². The number of aliphatic hydroxyl groups is 1. The summed E-state index contributed by atoms with van der Waals surface area (Å²) in [4.78, 5) is 0. The molecule has 0 aliphatic heterocycles. The zero-order valence-corrected chi connectivity index (χ0v) is 12.0. The third-order valence-corrected chi connectivity index (χ3v) is 3.49. The Morgan fingerprint density at radius 2 is 2.11 bits per heavy atom. The third-order valence-electron chi connectivity index (χ3n) is 3.49. The van der Waals surface area contributed by atoms with Crippen molar-refractivity contribution in [3.8, 4) is 5.75 Å². The first-order valence-corrected chi connectivity index (χ1v) is 6.69. The Morgan fingerprint density at radius 1 is 1.37 bits per heavy atom. The maximum absolute atomic E-state index is 13.3. The van der Waals surface area contributed by atoms with E-state index >= 15 is 0 Å². The van der Waals surface area contributed by atoms with Crippen LogP contribution in [0.15, 0.2) is 18.2 Å². The molecule has 0 bridgehead atoms. The van der Waals surface area contributed by atoms with Gasteiger partial charge in [-0.05, 0) is 51.8 Å². The van der Waals surface area contributed by atoms with Crippen molar-refractivity contribution in [1.29, 1.82) is 0 Å². The monoisotopic (exact) mass is 269 g/mol. The van der Waals surface area contributed by atoms with Gasteiger partial charge >= 0.3 is 0 Å². The number of likely N-dealkylation sites (N-methyl/N-ethyl adjacent to an activating group) is 1. The number of aliphatic hydroxyl groups excluding tert-OH is 1. The van der Waals surface area contributed by atoms with Gasteiger partial charge < -0.3 is 15.2 Å². The van der Waals surface area contributed by atoms with E-state index in [1.165, 1.54) is 6.07 Å². The van der Waals surface area contributed by atoms with Crippen LogP contribution in [0.25, 0.3) is 0 Å². The van der Waals surface area contributed by atoms with E-state index in [-0.39, 0.29) is 18.0 Å². The molecule has 0 aliphatic carbocycles. The number of hydrogen-bond acceptors (Lipinski definition) is 3. The van der Waals surface area contributed by atoms with Crippen LogP contribution in [0.5, 0.6) is 5.75 Å². The first-order valence-electron chi connectivity index (χ1n) is 6.69. The Labute approximate surface area is 114 Å². The van der Waals surface area contributed by atoms with Gasteiger partial charge in [0.25, 0.3) is 0 Å². The van der Waals surface area contributed by atoms with Crippen molar-refractivity contribution in [2.45, 2.75) is 38.6 Å². The van der Waals surface area contributed by atoms with Crippen LogP contribution in [-0.4, -0.2) is 30.9 Å². The van der Waals surface area contributed by atoms with E-state index in [0.29, 0.717) is 17.9 Å². The van der Waals surface area contributed by atoms with Gasteiger partial charge in [0.2, 0.25) is 0 Å². The fourth-order valence-electron chi connectivity index (χ4n) is 1.75. The molecule has 4 heteroatoms. The summed E-state index contributed by atoms with van der Waals surface area (Å²) in [6, 6.07) is 4.92. The average Bonchev–Trinajstić information content (AvgIpc) is 2.42. The van der Waals surface area contributed by atoms with Gasteiger partial charge in [0.15, 0.2) is 0 Å². The summed E-state index contributed by atoms with van der Waals surface area (Å²) in [7, 11) is 1.85. The summed E-state index contributed by atoms with van der Waals surface area (Å²) in [5, 5.41) is 12.4. The van der Waals surface area contributed by atoms with Crippen LogP contribution < -0.4 is 10.1 Å². The Hall–Kier alpha value is -1.13. The van der Waals surface area contributed by atoms with Gasteiger partial charge in [0.1, 0.15) is 11.6 Å². The third kappa shape index (κ3) is 5.17. The van der Waals surface area contributed by atoms with Crippen LogP contribution in [0.4, 0.5) is 4.39 Å². The largest absolute Gasteiger partial charge is 0.493 e. The molecule has 19 heavy (non-hydrogen) atoms. The van der Waals surface area contributed by atoms with E-state index in [2.05, 4.69) is 5.32 Å². The molecular formula is C15H24FNO2. The van der Waals surface area contributed by atoms with Crippen LogP contribution in [0, 0.1) is 12.7 Å². The smallest absolute Gasteiger partial charge is 0.129 e. The molecule has 2 N–H and O–H groups in total. The Kier molecular flexibility index (Phi) is 6.25. The predicted molar refractivity (Wildman–Crippen MR) is 75.0 cm³/mol. The molecule has 1 aromatic carbocycles. The Morgan fingerprint density at radius 3 is 2.68 bits per heavy atom. The molecule has 0 saturated carbocycles. The minimum absolute atomic E-state index is 0.119. The number of hydrogen-bond donors (Lipinski definition) is 2. The molecule has 0 amide bonds. The van der Waals surface area contributed by atoms with Gasteiger partial charge in [-0.1, -0.05) is 6.07 Å². The number of rotatable bonds is 8. The highest BCUT2D eigenvalue weighted by molar-refractivity contribution is 5.27. The molecule has 0 saturated heterocycles. The molecule has 1 aromatic rings. The fourth-order valence-corrected chi connectivity index (χ4v) is 1.75. The number of ether oxygens (including phenoxy) is 1. The van der Waals surface area contributed by atoms with E-state index in [9.17, 15) is 9.50 Å². The molecule has 1 atom stereocenters. The van der Waals surface area contributed by atoms with E-state index in [4.69, 9.17) is 4.74 Å². The predicted octanol–water partition coefficient (Wildman–Crippen LogP) is 2.65. The van der Waals surface area contributed by atoms with Gasteiger partial charge in [-0.15, -0.1) is 0 Å². The lowest BCUT2D eigenvalue weighted by atomic mass is 9.96. The summed E-state index contributed by atoms with van der Waals surface area (Å²) >= 11 is 0. The minimum Gasteiger partial charge on any atom is -0.493 e. The van der Waals surface area contributed by atoms with Crippen molar-refractivity contribution in [3.05, 3.63) is 29.6 Å². The minimum atomic E-state index is -0.236. The van der Waals surface area contributed by atoms with Gasteiger partial charge in [0, 0.05) is 11.6 Å². The van der Waals surface area contributed by atoms with Crippen molar-refractivity contribution in [1.82, 2.24) is 5.32 Å². The van der Waals surface area contributed by atoms with Gasteiger partial charge in [-0.25, -0.2) is 4.39 Å². The zero-order valence-electron chi connectivity index (χ0n) is 12.0. The molecule has 1 unspecified atom stereocenters. The van der Waals surface area contributed by atoms with Crippen LogP contribution in [0.2, 0.25) is 0 Å². The number of halogens is 1. The molecule has 3 nitrogen and oxygen atoms in total. The van der Waals surface area contributed by atoms with Gasteiger partial charge in [-0.3, -0.25) is 0 Å². The van der Waals surface area contributed by atoms with Crippen LogP contribution in [0.1, 0.15) is 31.7 Å². The molecule has 0 heterocycles. The number of nitrogens with one attached hydrogen (secondary N) is 1. The zero-order chi connectivity index (χ0) is 14.3. The van der Waals surface area contributed by atoms with E-state index in [1.54, 1.807) is 19.1 Å². The highest BCUT2D eigenvalue weighted by atomic mass is 19.1. The number of unbranched alkanes of at least 4 members (excludes halogenated alkanes) is 1. The van der Waals surface area contributed by atoms with Crippen molar-refractivity contribution in [2.24, 2.45) is 0 Å². The first kappa shape index (κ1) is 15.9.